The van der Waals surface area contributed by atoms with Gasteiger partial charge >= 0.3 is 0 Å². The molecule has 0 aliphatic carbocycles. The zero-order chi connectivity index (χ0) is 21.1. The first-order valence-electron chi connectivity index (χ1n) is 10.4. The monoisotopic (exact) mass is 530 g/mol. The van der Waals surface area contributed by atoms with Gasteiger partial charge in [-0.2, -0.15) is 0 Å². The number of amides is 2. The van der Waals surface area contributed by atoms with Crippen LogP contribution in [-0.4, -0.2) is 35.6 Å². The fraction of sp³-hybridized carbons (Fsp3) is 0.333. The van der Waals surface area contributed by atoms with Crippen LogP contribution in [0.4, 0.5) is 11.4 Å². The maximum atomic E-state index is 13.5. The fourth-order valence-electron chi connectivity index (χ4n) is 4.22. The van der Waals surface area contributed by atoms with E-state index < -0.39 is 0 Å². The van der Waals surface area contributed by atoms with E-state index in [1.165, 1.54) is 0 Å². The first kappa shape index (κ1) is 21.3. The van der Waals surface area contributed by atoms with Crippen molar-refractivity contribution in [1.29, 1.82) is 0 Å². The Labute approximate surface area is 194 Å². The minimum Gasteiger partial charge on any atom is -0.308 e. The number of rotatable bonds is 8. The van der Waals surface area contributed by atoms with Crippen LogP contribution >= 0.6 is 31.9 Å². The topological polar surface area (TPSA) is 40.6 Å². The number of hydrogen-bond acceptors (Lipinski definition) is 2. The molecular formula is C24H24Br2N2O2. The number of alkyl halides is 2. The largest absolute Gasteiger partial charge is 0.308 e. The molecule has 2 aromatic carbocycles. The minimum absolute atomic E-state index is 0.0637. The molecule has 0 unspecified atom stereocenters. The summed E-state index contributed by atoms with van der Waals surface area (Å²) in [6.45, 7) is 1.31. The van der Waals surface area contributed by atoms with Crippen LogP contribution < -0.4 is 9.80 Å². The summed E-state index contributed by atoms with van der Waals surface area (Å²) in [5.74, 6) is -0.127. The number of halogens is 2. The van der Waals surface area contributed by atoms with Crippen molar-refractivity contribution in [1.82, 2.24) is 0 Å². The normalized spacial score (nSPS) is 17.7. The summed E-state index contributed by atoms with van der Waals surface area (Å²) >= 11 is 6.93. The van der Waals surface area contributed by atoms with Gasteiger partial charge in [-0.3, -0.25) is 9.59 Å². The van der Waals surface area contributed by atoms with Gasteiger partial charge in [0, 0.05) is 34.9 Å². The van der Waals surface area contributed by atoms with Gasteiger partial charge in [-0.25, -0.2) is 0 Å². The van der Waals surface area contributed by atoms with E-state index in [1.54, 1.807) is 0 Å². The van der Waals surface area contributed by atoms with Crippen molar-refractivity contribution in [3.8, 4) is 0 Å². The van der Waals surface area contributed by atoms with Crippen molar-refractivity contribution in [2.75, 3.05) is 33.5 Å². The van der Waals surface area contributed by atoms with Crippen LogP contribution in [0.3, 0.4) is 0 Å². The van der Waals surface area contributed by atoms with E-state index in [9.17, 15) is 9.59 Å². The van der Waals surface area contributed by atoms with Crippen molar-refractivity contribution < 1.29 is 9.59 Å². The Kier molecular flexibility index (Phi) is 6.74. The van der Waals surface area contributed by atoms with E-state index in [0.717, 1.165) is 58.8 Å². The molecule has 6 heteroatoms. The number of nitrogens with zero attached hydrogens (tertiary/aromatic N) is 2. The molecule has 0 radical (unpaired) electrons. The van der Waals surface area contributed by atoms with Gasteiger partial charge in [-0.05, 0) is 37.8 Å². The standard InChI is InChI=1S/C24H24Br2N2O2/c25-13-5-7-15-27-19-11-3-1-9-17(19)21(23(27)29)22-18-10-2-4-12-20(18)28(24(22)30)16-8-6-14-26/h1-4,9-12H,5-8,13-16H2/b22-21+. The van der Waals surface area contributed by atoms with E-state index >= 15 is 0 Å². The van der Waals surface area contributed by atoms with Gasteiger partial charge in [0.05, 0.1) is 22.5 Å². The summed E-state index contributed by atoms with van der Waals surface area (Å²) in [4.78, 5) is 30.8. The highest BCUT2D eigenvalue weighted by Crippen LogP contribution is 2.46. The number of benzene rings is 2. The van der Waals surface area contributed by atoms with Crippen molar-refractivity contribution in [2.24, 2.45) is 0 Å². The molecular weight excluding hydrogens is 508 g/mol. The predicted molar refractivity (Wildman–Crippen MR) is 130 cm³/mol. The lowest BCUT2D eigenvalue weighted by Gasteiger charge is -2.17. The van der Waals surface area contributed by atoms with Gasteiger partial charge in [0.2, 0.25) is 0 Å². The molecule has 2 amide bonds. The third kappa shape index (κ3) is 3.76. The molecule has 2 aliphatic heterocycles. The van der Waals surface area contributed by atoms with Crippen molar-refractivity contribution in [2.45, 2.75) is 25.7 Å². The van der Waals surface area contributed by atoms with Crippen LogP contribution in [0.15, 0.2) is 48.5 Å². The molecule has 4 nitrogen and oxygen atoms in total. The Bertz CT molecular complexity index is 923. The Balaban J connectivity index is 1.80. The Hall–Kier alpha value is -1.92. The molecule has 30 heavy (non-hydrogen) atoms. The second-order valence-electron chi connectivity index (χ2n) is 7.49. The van der Waals surface area contributed by atoms with E-state index in [1.807, 2.05) is 58.3 Å². The second kappa shape index (κ2) is 9.48. The highest BCUT2D eigenvalue weighted by molar-refractivity contribution is 9.09. The molecule has 156 valence electrons. The van der Waals surface area contributed by atoms with Crippen molar-refractivity contribution in [3.63, 3.8) is 0 Å². The average Bonchev–Trinajstić information content (AvgIpc) is 3.19. The Morgan fingerprint density at radius 2 is 1.00 bits per heavy atom. The Morgan fingerprint density at radius 3 is 1.40 bits per heavy atom. The molecule has 0 saturated carbocycles. The highest BCUT2D eigenvalue weighted by Gasteiger charge is 2.41. The van der Waals surface area contributed by atoms with Gasteiger partial charge in [-0.1, -0.05) is 68.3 Å². The first-order valence-corrected chi connectivity index (χ1v) is 12.6. The van der Waals surface area contributed by atoms with Crippen LogP contribution in [0.1, 0.15) is 36.8 Å². The SMILES string of the molecule is O=C1/C(=C2/C(=O)N(CCCCBr)c3ccccc32)c2ccccc2N1CCCCBr. The first-order chi connectivity index (χ1) is 14.7. The van der Waals surface area contributed by atoms with E-state index in [4.69, 9.17) is 0 Å². The summed E-state index contributed by atoms with van der Waals surface area (Å²) in [6.07, 6.45) is 3.83. The van der Waals surface area contributed by atoms with Crippen LogP contribution in [0, 0.1) is 0 Å². The molecule has 0 saturated heterocycles. The van der Waals surface area contributed by atoms with Crippen LogP contribution in [0.5, 0.6) is 0 Å². The number of unbranched alkanes of at least 4 members (excludes halogenated alkanes) is 2. The summed E-state index contributed by atoms with van der Waals surface area (Å²) < 4.78 is 0. The van der Waals surface area contributed by atoms with Gasteiger partial charge < -0.3 is 9.80 Å². The molecule has 0 fully saturated rings. The number of fused-ring (bicyclic) bond motifs is 2. The minimum atomic E-state index is -0.0637. The molecule has 2 heterocycles. The fourth-order valence-corrected chi connectivity index (χ4v) is 5.01. The maximum Gasteiger partial charge on any atom is 0.259 e. The lowest BCUT2D eigenvalue weighted by atomic mass is 9.96. The van der Waals surface area contributed by atoms with Crippen LogP contribution in [-0.2, 0) is 9.59 Å². The van der Waals surface area contributed by atoms with Crippen molar-refractivity contribution in [3.05, 3.63) is 59.7 Å². The molecule has 4 rings (SSSR count). The number of anilines is 2. The lowest BCUT2D eigenvalue weighted by molar-refractivity contribution is -0.114. The molecule has 0 aromatic heterocycles. The van der Waals surface area contributed by atoms with Crippen LogP contribution in [0.25, 0.3) is 11.1 Å². The average molecular weight is 532 g/mol. The van der Waals surface area contributed by atoms with Gasteiger partial charge in [0.15, 0.2) is 0 Å². The third-order valence-corrected chi connectivity index (χ3v) is 6.75. The zero-order valence-corrected chi connectivity index (χ0v) is 19.9. The van der Waals surface area contributed by atoms with Gasteiger partial charge in [0.1, 0.15) is 0 Å². The number of carbonyl (C=O) groups excluding carboxylic acids is 2. The predicted octanol–water partition coefficient (Wildman–Crippen LogP) is 5.64. The van der Waals surface area contributed by atoms with E-state index in [-0.39, 0.29) is 11.8 Å². The molecule has 0 atom stereocenters. The van der Waals surface area contributed by atoms with Gasteiger partial charge in [-0.15, -0.1) is 0 Å². The number of carbonyl (C=O) groups is 2. The summed E-state index contributed by atoms with van der Waals surface area (Å²) in [5, 5.41) is 1.83. The summed E-state index contributed by atoms with van der Waals surface area (Å²) in [5.41, 5.74) is 4.63. The zero-order valence-electron chi connectivity index (χ0n) is 16.7. The second-order valence-corrected chi connectivity index (χ2v) is 9.08. The highest BCUT2D eigenvalue weighted by atomic mass is 79.9. The third-order valence-electron chi connectivity index (χ3n) is 5.63. The number of hydrogen-bond donors (Lipinski definition) is 0. The van der Waals surface area contributed by atoms with E-state index in [2.05, 4.69) is 31.9 Å². The molecule has 0 N–H and O–H groups in total. The lowest BCUT2D eigenvalue weighted by Crippen LogP contribution is -2.30. The molecule has 2 aromatic rings. The summed E-state index contributed by atoms with van der Waals surface area (Å²) in [6, 6.07) is 15.7. The Morgan fingerprint density at radius 1 is 0.600 bits per heavy atom. The van der Waals surface area contributed by atoms with E-state index in [0.29, 0.717) is 24.2 Å². The smallest absolute Gasteiger partial charge is 0.259 e. The number of para-hydroxylation sites is 2. The van der Waals surface area contributed by atoms with Gasteiger partial charge in [0.25, 0.3) is 11.8 Å². The summed E-state index contributed by atoms with van der Waals surface area (Å²) in [7, 11) is 0. The van der Waals surface area contributed by atoms with Crippen LogP contribution in [0.2, 0.25) is 0 Å². The molecule has 2 aliphatic rings. The molecule has 0 bridgehead atoms. The van der Waals surface area contributed by atoms with Crippen molar-refractivity contribution >= 4 is 66.2 Å². The maximum absolute atomic E-state index is 13.5. The quantitative estimate of drug-likeness (QED) is 0.251. The molecule has 0 spiro atoms.